The summed E-state index contributed by atoms with van der Waals surface area (Å²) in [5, 5.41) is 10.0. The largest absolute Gasteiger partial charge is 0.351 e. The van der Waals surface area contributed by atoms with Crippen LogP contribution < -0.4 is 5.32 Å². The molecule has 0 bridgehead atoms. The van der Waals surface area contributed by atoms with Gasteiger partial charge in [0.2, 0.25) is 5.76 Å². The first kappa shape index (κ1) is 20.3. The SMILES string of the molecule is O=C(NC1CCCCC1)c1cc([C@H]2CCCN(Cc3cccc4ccccc34)C2)no1. The Morgan fingerprint density at radius 1 is 1.03 bits per heavy atom. The molecule has 5 heteroatoms. The molecule has 0 unspecified atom stereocenters. The molecule has 162 valence electrons. The minimum atomic E-state index is -0.117. The molecule has 1 N–H and O–H groups in total. The number of carbonyl (C=O) groups excluding carboxylic acids is 1. The highest BCUT2D eigenvalue weighted by Gasteiger charge is 2.26. The number of carbonyl (C=O) groups is 1. The van der Waals surface area contributed by atoms with Gasteiger partial charge in [-0.25, -0.2) is 0 Å². The van der Waals surface area contributed by atoms with Crippen LogP contribution in [0, 0.1) is 0 Å². The number of fused-ring (bicyclic) bond motifs is 1. The Morgan fingerprint density at radius 3 is 2.77 bits per heavy atom. The topological polar surface area (TPSA) is 58.4 Å². The Morgan fingerprint density at radius 2 is 1.87 bits per heavy atom. The number of piperidine rings is 1. The van der Waals surface area contributed by atoms with Gasteiger partial charge < -0.3 is 9.84 Å². The summed E-state index contributed by atoms with van der Waals surface area (Å²) < 4.78 is 5.45. The lowest BCUT2D eigenvalue weighted by molar-refractivity contribution is 0.0890. The number of likely N-dealkylation sites (tertiary alicyclic amines) is 1. The fraction of sp³-hybridized carbons (Fsp3) is 0.462. The van der Waals surface area contributed by atoms with Crippen molar-refractivity contribution < 1.29 is 9.32 Å². The molecule has 0 radical (unpaired) electrons. The molecule has 0 spiro atoms. The second-order valence-corrected chi connectivity index (χ2v) is 9.14. The van der Waals surface area contributed by atoms with Gasteiger partial charge >= 0.3 is 0 Å². The average molecular weight is 418 g/mol. The van der Waals surface area contributed by atoms with Crippen LogP contribution in [0.1, 0.15) is 72.7 Å². The third kappa shape index (κ3) is 4.67. The van der Waals surface area contributed by atoms with E-state index in [4.69, 9.17) is 4.52 Å². The second-order valence-electron chi connectivity index (χ2n) is 9.14. The number of nitrogens with one attached hydrogen (secondary N) is 1. The minimum Gasteiger partial charge on any atom is -0.351 e. The van der Waals surface area contributed by atoms with Crippen molar-refractivity contribution in [2.45, 2.75) is 63.5 Å². The first-order valence-electron chi connectivity index (χ1n) is 11.7. The lowest BCUT2D eigenvalue weighted by Gasteiger charge is -2.32. The van der Waals surface area contributed by atoms with Crippen LogP contribution in [0.5, 0.6) is 0 Å². The number of nitrogens with zero attached hydrogens (tertiary/aromatic N) is 2. The maximum absolute atomic E-state index is 12.6. The highest BCUT2D eigenvalue weighted by molar-refractivity contribution is 5.91. The number of rotatable bonds is 5. The van der Waals surface area contributed by atoms with E-state index in [0.29, 0.717) is 11.7 Å². The van der Waals surface area contributed by atoms with Crippen LogP contribution in [0.4, 0.5) is 0 Å². The predicted molar refractivity (Wildman–Crippen MR) is 122 cm³/mol. The molecule has 1 saturated carbocycles. The first-order chi connectivity index (χ1) is 15.3. The Balaban J connectivity index is 1.24. The normalized spacial score (nSPS) is 20.7. The number of amides is 1. The van der Waals surface area contributed by atoms with Gasteiger partial charge in [-0.15, -0.1) is 0 Å². The van der Waals surface area contributed by atoms with Gasteiger partial charge in [-0.05, 0) is 48.6 Å². The summed E-state index contributed by atoms with van der Waals surface area (Å²) in [5.74, 6) is 0.546. The van der Waals surface area contributed by atoms with E-state index >= 15 is 0 Å². The van der Waals surface area contributed by atoms with E-state index in [1.807, 2.05) is 6.07 Å². The highest BCUT2D eigenvalue weighted by Crippen LogP contribution is 2.29. The number of benzene rings is 2. The maximum Gasteiger partial charge on any atom is 0.290 e. The molecule has 1 aliphatic carbocycles. The number of hydrogen-bond acceptors (Lipinski definition) is 4. The quantitative estimate of drug-likeness (QED) is 0.614. The predicted octanol–water partition coefficient (Wildman–Crippen LogP) is 5.27. The van der Waals surface area contributed by atoms with E-state index < -0.39 is 0 Å². The zero-order chi connectivity index (χ0) is 21.0. The van der Waals surface area contributed by atoms with Gasteiger partial charge in [0, 0.05) is 31.1 Å². The molecule has 2 fully saturated rings. The maximum atomic E-state index is 12.6. The summed E-state index contributed by atoms with van der Waals surface area (Å²) in [6, 6.07) is 17.3. The van der Waals surface area contributed by atoms with Crippen LogP contribution >= 0.6 is 0 Å². The van der Waals surface area contributed by atoms with E-state index in [-0.39, 0.29) is 11.9 Å². The van der Waals surface area contributed by atoms with E-state index in [0.717, 1.165) is 51.0 Å². The monoisotopic (exact) mass is 417 g/mol. The van der Waals surface area contributed by atoms with Crippen LogP contribution in [0.2, 0.25) is 0 Å². The zero-order valence-corrected chi connectivity index (χ0v) is 18.1. The third-order valence-corrected chi connectivity index (χ3v) is 6.89. The van der Waals surface area contributed by atoms with Crippen molar-refractivity contribution in [1.29, 1.82) is 0 Å². The van der Waals surface area contributed by atoms with E-state index in [9.17, 15) is 4.79 Å². The van der Waals surface area contributed by atoms with Crippen LogP contribution in [-0.4, -0.2) is 35.1 Å². The van der Waals surface area contributed by atoms with Crippen LogP contribution in [0.25, 0.3) is 10.8 Å². The Labute approximate surface area is 183 Å². The molecule has 2 aliphatic rings. The van der Waals surface area contributed by atoms with Crippen molar-refractivity contribution in [1.82, 2.24) is 15.4 Å². The molecule has 1 aromatic heterocycles. The van der Waals surface area contributed by atoms with E-state index in [2.05, 4.69) is 57.8 Å². The zero-order valence-electron chi connectivity index (χ0n) is 18.1. The molecule has 5 nitrogen and oxygen atoms in total. The minimum absolute atomic E-state index is 0.117. The molecule has 5 rings (SSSR count). The summed E-state index contributed by atoms with van der Waals surface area (Å²) in [5.41, 5.74) is 2.28. The number of aromatic nitrogens is 1. The van der Waals surface area contributed by atoms with Crippen molar-refractivity contribution in [3.05, 3.63) is 65.5 Å². The first-order valence-corrected chi connectivity index (χ1v) is 11.7. The van der Waals surface area contributed by atoms with Crippen LogP contribution in [0.3, 0.4) is 0 Å². The Bertz CT molecular complexity index is 1030. The molecule has 1 amide bonds. The molecule has 2 aromatic carbocycles. The van der Waals surface area contributed by atoms with Crippen LogP contribution in [-0.2, 0) is 6.54 Å². The van der Waals surface area contributed by atoms with Crippen molar-refractivity contribution in [2.75, 3.05) is 13.1 Å². The Kier molecular flexibility index (Phi) is 6.03. The summed E-state index contributed by atoms with van der Waals surface area (Å²) in [7, 11) is 0. The average Bonchev–Trinajstić information content (AvgIpc) is 3.31. The van der Waals surface area contributed by atoms with Gasteiger partial charge in [-0.1, -0.05) is 66.9 Å². The van der Waals surface area contributed by atoms with Gasteiger partial charge in [-0.3, -0.25) is 9.69 Å². The van der Waals surface area contributed by atoms with Crippen molar-refractivity contribution >= 4 is 16.7 Å². The molecule has 1 saturated heterocycles. The molecule has 1 aliphatic heterocycles. The number of hydrogen-bond donors (Lipinski definition) is 1. The van der Waals surface area contributed by atoms with Crippen molar-refractivity contribution in [3.63, 3.8) is 0 Å². The summed E-state index contributed by atoms with van der Waals surface area (Å²) >= 11 is 0. The molecular weight excluding hydrogens is 386 g/mol. The van der Waals surface area contributed by atoms with E-state index in [1.54, 1.807) is 0 Å². The van der Waals surface area contributed by atoms with E-state index in [1.165, 1.54) is 35.6 Å². The highest BCUT2D eigenvalue weighted by atomic mass is 16.5. The lowest BCUT2D eigenvalue weighted by atomic mass is 9.93. The van der Waals surface area contributed by atoms with Gasteiger partial charge in [0.25, 0.3) is 5.91 Å². The van der Waals surface area contributed by atoms with Gasteiger partial charge in [0.1, 0.15) is 0 Å². The molecule has 3 aromatic rings. The fourth-order valence-corrected chi connectivity index (χ4v) is 5.20. The molecular formula is C26H31N3O2. The second kappa shape index (κ2) is 9.23. The van der Waals surface area contributed by atoms with Crippen molar-refractivity contribution in [3.8, 4) is 0 Å². The molecule has 2 heterocycles. The molecule has 31 heavy (non-hydrogen) atoms. The standard InChI is InChI=1S/C26H31N3O2/c30-26(27-22-12-2-1-3-13-22)25-16-24(28-31-25)21-11-7-15-29(18-21)17-20-10-6-9-19-8-4-5-14-23(19)20/h4-6,8-10,14,16,21-22H,1-3,7,11-13,15,17-18H2,(H,27,30)/t21-/m0/s1. The van der Waals surface area contributed by atoms with Crippen molar-refractivity contribution in [2.24, 2.45) is 0 Å². The summed E-state index contributed by atoms with van der Waals surface area (Å²) in [4.78, 5) is 15.1. The third-order valence-electron chi connectivity index (χ3n) is 6.89. The summed E-state index contributed by atoms with van der Waals surface area (Å²) in [6.45, 7) is 2.97. The lowest BCUT2D eigenvalue weighted by Crippen LogP contribution is -2.36. The van der Waals surface area contributed by atoms with Gasteiger partial charge in [0.05, 0.1) is 5.69 Å². The van der Waals surface area contributed by atoms with Crippen LogP contribution in [0.15, 0.2) is 53.1 Å². The Hall–Kier alpha value is -2.66. The van der Waals surface area contributed by atoms with Gasteiger partial charge in [0.15, 0.2) is 0 Å². The fourth-order valence-electron chi connectivity index (χ4n) is 5.20. The summed E-state index contributed by atoms with van der Waals surface area (Å²) in [6.07, 6.45) is 8.02. The molecule has 1 atom stereocenters. The smallest absolute Gasteiger partial charge is 0.290 e. The van der Waals surface area contributed by atoms with Gasteiger partial charge in [-0.2, -0.15) is 0 Å².